The predicted octanol–water partition coefficient (Wildman–Crippen LogP) is 3.35. The normalized spacial score (nSPS) is 16.4. The van der Waals surface area contributed by atoms with Crippen LogP contribution in [0, 0.1) is 0 Å². The highest BCUT2D eigenvalue weighted by molar-refractivity contribution is 5.79. The monoisotopic (exact) mass is 387 g/mol. The van der Waals surface area contributed by atoms with Crippen LogP contribution in [0.2, 0.25) is 0 Å². The summed E-state index contributed by atoms with van der Waals surface area (Å²) in [6.07, 6.45) is -1.28. The van der Waals surface area contributed by atoms with Crippen LogP contribution in [-0.4, -0.2) is 45.0 Å². The Labute approximate surface area is 158 Å². The number of benzene rings is 1. The number of hydrogen-bond donors (Lipinski definition) is 2. The van der Waals surface area contributed by atoms with E-state index >= 15 is 0 Å². The van der Waals surface area contributed by atoms with Crippen molar-refractivity contribution in [3.05, 3.63) is 35.4 Å². The van der Waals surface area contributed by atoms with Crippen molar-refractivity contribution in [2.75, 3.05) is 32.9 Å². The minimum Gasteiger partial charge on any atom is -0.381 e. The van der Waals surface area contributed by atoms with Gasteiger partial charge in [0.1, 0.15) is 0 Å². The van der Waals surface area contributed by atoms with Crippen LogP contribution in [-0.2, 0) is 22.2 Å². The standard InChI is InChI=1S/C19H28F3N3O2/c1-2-23-18(24-10-3-11-27-17-8-12-26-13-9-17)25-14-15-4-6-16(7-5-15)19(20,21)22/h4-7,17H,2-3,8-14H2,1H3,(H2,23,24,25). The van der Waals surface area contributed by atoms with Gasteiger partial charge < -0.3 is 20.1 Å². The van der Waals surface area contributed by atoms with E-state index in [9.17, 15) is 13.2 Å². The van der Waals surface area contributed by atoms with Gasteiger partial charge in [-0.1, -0.05) is 12.1 Å². The second kappa shape index (κ2) is 11.1. The highest BCUT2D eigenvalue weighted by Gasteiger charge is 2.29. The Morgan fingerprint density at radius 2 is 1.89 bits per heavy atom. The summed E-state index contributed by atoms with van der Waals surface area (Å²) in [5, 5.41) is 6.35. The molecule has 0 aliphatic carbocycles. The van der Waals surface area contributed by atoms with Crippen LogP contribution >= 0.6 is 0 Å². The lowest BCUT2D eigenvalue weighted by Gasteiger charge is -2.22. The Morgan fingerprint density at radius 1 is 1.19 bits per heavy atom. The van der Waals surface area contributed by atoms with Crippen LogP contribution in [0.5, 0.6) is 0 Å². The van der Waals surface area contributed by atoms with Crippen LogP contribution in [0.15, 0.2) is 29.3 Å². The fraction of sp³-hybridized carbons (Fsp3) is 0.632. The molecule has 1 fully saturated rings. The fourth-order valence-corrected chi connectivity index (χ4v) is 2.68. The second-order valence-electron chi connectivity index (χ2n) is 6.35. The third-order valence-electron chi connectivity index (χ3n) is 4.18. The summed E-state index contributed by atoms with van der Waals surface area (Å²) in [4.78, 5) is 4.42. The highest BCUT2D eigenvalue weighted by atomic mass is 19.4. The number of guanidine groups is 1. The number of nitrogens with one attached hydrogen (secondary N) is 2. The molecule has 0 bridgehead atoms. The van der Waals surface area contributed by atoms with E-state index in [1.807, 2.05) is 6.92 Å². The summed E-state index contributed by atoms with van der Waals surface area (Å²) in [5.74, 6) is 0.642. The summed E-state index contributed by atoms with van der Waals surface area (Å²) in [5.41, 5.74) is 0.0767. The van der Waals surface area contributed by atoms with Gasteiger partial charge in [0.15, 0.2) is 5.96 Å². The van der Waals surface area contributed by atoms with Crippen LogP contribution in [0.1, 0.15) is 37.3 Å². The third-order valence-corrected chi connectivity index (χ3v) is 4.18. The maximum Gasteiger partial charge on any atom is 0.416 e. The molecule has 1 aromatic carbocycles. The van der Waals surface area contributed by atoms with Gasteiger partial charge in [-0.25, -0.2) is 4.99 Å². The zero-order valence-electron chi connectivity index (χ0n) is 15.6. The molecule has 1 aliphatic rings. The molecule has 8 heteroatoms. The molecular formula is C19H28F3N3O2. The van der Waals surface area contributed by atoms with E-state index < -0.39 is 11.7 Å². The molecule has 0 aromatic heterocycles. The van der Waals surface area contributed by atoms with Gasteiger partial charge in [-0.3, -0.25) is 0 Å². The zero-order chi connectivity index (χ0) is 19.5. The molecule has 0 saturated carbocycles. The van der Waals surface area contributed by atoms with Crippen molar-refractivity contribution in [3.8, 4) is 0 Å². The SMILES string of the molecule is CCNC(=NCc1ccc(C(F)(F)F)cc1)NCCCOC1CCOCC1. The molecular weight excluding hydrogens is 359 g/mol. The van der Waals surface area contributed by atoms with E-state index in [1.165, 1.54) is 12.1 Å². The first-order valence-corrected chi connectivity index (χ1v) is 9.36. The summed E-state index contributed by atoms with van der Waals surface area (Å²) < 4.78 is 48.9. The molecule has 2 N–H and O–H groups in total. The van der Waals surface area contributed by atoms with Gasteiger partial charge in [0.2, 0.25) is 0 Å². The predicted molar refractivity (Wildman–Crippen MR) is 98.7 cm³/mol. The van der Waals surface area contributed by atoms with Gasteiger partial charge in [0, 0.05) is 32.9 Å². The van der Waals surface area contributed by atoms with Crippen molar-refractivity contribution in [2.24, 2.45) is 4.99 Å². The Morgan fingerprint density at radius 3 is 2.52 bits per heavy atom. The molecule has 152 valence electrons. The minimum atomic E-state index is -4.31. The summed E-state index contributed by atoms with van der Waals surface area (Å²) in [6.45, 7) is 5.90. The largest absolute Gasteiger partial charge is 0.416 e. The van der Waals surface area contributed by atoms with E-state index in [1.54, 1.807) is 0 Å². The average molecular weight is 387 g/mol. The van der Waals surface area contributed by atoms with Crippen LogP contribution < -0.4 is 10.6 Å². The van der Waals surface area contributed by atoms with Crippen molar-refractivity contribution in [1.82, 2.24) is 10.6 Å². The lowest BCUT2D eigenvalue weighted by Crippen LogP contribution is -2.38. The minimum absolute atomic E-state index is 0.292. The number of halogens is 3. The Kier molecular flexibility index (Phi) is 8.87. The molecule has 5 nitrogen and oxygen atoms in total. The smallest absolute Gasteiger partial charge is 0.381 e. The summed E-state index contributed by atoms with van der Waals surface area (Å²) in [7, 11) is 0. The van der Waals surface area contributed by atoms with E-state index in [0.29, 0.717) is 38.3 Å². The molecule has 1 aromatic rings. The van der Waals surface area contributed by atoms with Crippen LogP contribution in [0.25, 0.3) is 0 Å². The lowest BCUT2D eigenvalue weighted by molar-refractivity contribution is -0.137. The van der Waals surface area contributed by atoms with Gasteiger partial charge in [-0.05, 0) is 43.9 Å². The first-order chi connectivity index (χ1) is 13.0. The summed E-state index contributed by atoms with van der Waals surface area (Å²) >= 11 is 0. The molecule has 1 heterocycles. The molecule has 1 saturated heterocycles. The first-order valence-electron chi connectivity index (χ1n) is 9.36. The molecule has 0 spiro atoms. The molecule has 0 radical (unpaired) electrons. The second-order valence-corrected chi connectivity index (χ2v) is 6.35. The highest BCUT2D eigenvalue weighted by Crippen LogP contribution is 2.29. The van der Waals surface area contributed by atoms with E-state index in [-0.39, 0.29) is 0 Å². The Hall–Kier alpha value is -1.80. The number of aliphatic imine (C=N–C) groups is 1. The number of hydrogen-bond acceptors (Lipinski definition) is 3. The molecule has 2 rings (SSSR count). The quantitative estimate of drug-likeness (QED) is 0.408. The summed E-state index contributed by atoms with van der Waals surface area (Å²) in [6, 6.07) is 5.08. The Bertz CT molecular complexity index is 571. The number of alkyl halides is 3. The fourth-order valence-electron chi connectivity index (χ4n) is 2.68. The van der Waals surface area contributed by atoms with E-state index in [4.69, 9.17) is 9.47 Å². The van der Waals surface area contributed by atoms with Crippen LogP contribution in [0.3, 0.4) is 0 Å². The van der Waals surface area contributed by atoms with Crippen LogP contribution in [0.4, 0.5) is 13.2 Å². The van der Waals surface area contributed by atoms with Gasteiger partial charge in [-0.2, -0.15) is 13.2 Å². The molecule has 0 atom stereocenters. The number of ether oxygens (including phenoxy) is 2. The van der Waals surface area contributed by atoms with Gasteiger partial charge in [0.05, 0.1) is 18.2 Å². The van der Waals surface area contributed by atoms with Crippen molar-refractivity contribution in [1.29, 1.82) is 0 Å². The van der Waals surface area contributed by atoms with Crippen molar-refractivity contribution >= 4 is 5.96 Å². The van der Waals surface area contributed by atoms with Crippen molar-refractivity contribution in [3.63, 3.8) is 0 Å². The number of rotatable bonds is 8. The average Bonchev–Trinajstić information content (AvgIpc) is 2.66. The van der Waals surface area contributed by atoms with Crippen molar-refractivity contribution < 1.29 is 22.6 Å². The Balaban J connectivity index is 1.73. The molecule has 0 unspecified atom stereocenters. The van der Waals surface area contributed by atoms with Crippen molar-refractivity contribution in [2.45, 2.75) is 45.0 Å². The van der Waals surface area contributed by atoms with Gasteiger partial charge >= 0.3 is 6.18 Å². The van der Waals surface area contributed by atoms with Gasteiger partial charge in [-0.15, -0.1) is 0 Å². The maximum atomic E-state index is 12.6. The topological polar surface area (TPSA) is 54.9 Å². The lowest BCUT2D eigenvalue weighted by atomic mass is 10.1. The zero-order valence-corrected chi connectivity index (χ0v) is 15.6. The van der Waals surface area contributed by atoms with Gasteiger partial charge in [0.25, 0.3) is 0 Å². The van der Waals surface area contributed by atoms with E-state index in [2.05, 4.69) is 15.6 Å². The van der Waals surface area contributed by atoms with E-state index in [0.717, 1.165) is 50.2 Å². The maximum absolute atomic E-state index is 12.6. The molecule has 0 amide bonds. The molecule has 27 heavy (non-hydrogen) atoms. The number of nitrogens with zero attached hydrogens (tertiary/aromatic N) is 1. The third kappa shape index (κ3) is 8.17. The molecule has 1 aliphatic heterocycles. The first kappa shape index (κ1) is 21.5.